The third kappa shape index (κ3) is 7.23. The van der Waals surface area contributed by atoms with Gasteiger partial charge in [0.25, 0.3) is 0 Å². The summed E-state index contributed by atoms with van der Waals surface area (Å²) in [6, 6.07) is 4.94. The Morgan fingerprint density at radius 1 is 0.708 bits per heavy atom. The summed E-state index contributed by atoms with van der Waals surface area (Å²) in [4.78, 5) is 2.30. The average Bonchev–Trinajstić information content (AvgIpc) is 2.61. The minimum Gasteiger partial charge on any atom is -0.377 e. The van der Waals surface area contributed by atoms with Gasteiger partial charge < -0.3 is 22.7 Å². The molecule has 5 nitrogen and oxygen atoms in total. The van der Waals surface area contributed by atoms with Gasteiger partial charge in [-0.2, -0.15) is 0 Å². The molecule has 0 amide bonds. The van der Waals surface area contributed by atoms with Crippen molar-refractivity contribution < 1.29 is 13.3 Å². The molecule has 0 aromatic rings. The summed E-state index contributed by atoms with van der Waals surface area (Å²) < 4.78 is 19.5. The molecule has 0 saturated carbocycles. The number of nitrogens with zero attached hydrogens (tertiary/aromatic N) is 2. The van der Waals surface area contributed by atoms with E-state index in [2.05, 4.69) is 44.3 Å². The Kier molecular flexibility index (Phi) is 12.7. The van der Waals surface area contributed by atoms with Crippen molar-refractivity contribution in [2.24, 2.45) is 0 Å². The first kappa shape index (κ1) is 24.2. The summed E-state index contributed by atoms with van der Waals surface area (Å²) in [7, 11) is 5.71. The van der Waals surface area contributed by atoms with Crippen molar-refractivity contribution in [1.82, 2.24) is 9.47 Å². The fourth-order valence-corrected chi connectivity index (χ4v) is 9.37. The van der Waals surface area contributed by atoms with E-state index in [-0.39, 0.29) is 0 Å². The second-order valence-electron chi connectivity index (χ2n) is 6.83. The van der Waals surface area contributed by atoms with E-state index in [0.717, 1.165) is 19.0 Å². The van der Waals surface area contributed by atoms with Gasteiger partial charge >= 0.3 is 8.80 Å². The van der Waals surface area contributed by atoms with Gasteiger partial charge in [0.2, 0.25) is 0 Å². The molecule has 24 heavy (non-hydrogen) atoms. The van der Waals surface area contributed by atoms with E-state index in [4.69, 9.17) is 13.3 Å². The van der Waals surface area contributed by atoms with Crippen LogP contribution in [0.5, 0.6) is 0 Å². The molecule has 0 heterocycles. The Hall–Kier alpha value is 0.234. The largest absolute Gasteiger partial charge is 0.500 e. The number of likely N-dealkylation sites (N-methyl/N-ethyl adjacent to an activating group) is 1. The van der Waals surface area contributed by atoms with Crippen molar-refractivity contribution in [2.45, 2.75) is 57.8 Å². The van der Waals surface area contributed by atoms with E-state index in [1.807, 2.05) is 0 Å². The van der Waals surface area contributed by atoms with Gasteiger partial charge in [-0.25, -0.2) is 0 Å². The molecule has 0 aromatic heterocycles. The van der Waals surface area contributed by atoms with E-state index >= 15 is 0 Å². The lowest BCUT2D eigenvalue weighted by atomic mass is 10.3. The van der Waals surface area contributed by atoms with Crippen LogP contribution in [0.4, 0.5) is 0 Å². The maximum absolute atomic E-state index is 5.54. The van der Waals surface area contributed by atoms with E-state index in [9.17, 15) is 0 Å². The molecular formula is C17H42N2O3Si2. The highest BCUT2D eigenvalue weighted by Gasteiger charge is 2.37. The van der Waals surface area contributed by atoms with Crippen LogP contribution in [0.25, 0.3) is 0 Å². The monoisotopic (exact) mass is 378 g/mol. The van der Waals surface area contributed by atoms with E-state index < -0.39 is 17.0 Å². The molecule has 0 aliphatic rings. The van der Waals surface area contributed by atoms with E-state index in [0.29, 0.717) is 0 Å². The number of rotatable bonds is 15. The van der Waals surface area contributed by atoms with Gasteiger partial charge in [0.15, 0.2) is 0 Å². The fraction of sp³-hybridized carbons (Fsp3) is 1.00. The molecule has 0 unspecified atom stereocenters. The third-order valence-corrected chi connectivity index (χ3v) is 14.1. The maximum atomic E-state index is 5.54. The molecule has 0 radical (unpaired) electrons. The second-order valence-corrected chi connectivity index (χ2v) is 15.1. The Balaban J connectivity index is 4.72. The van der Waals surface area contributed by atoms with Crippen molar-refractivity contribution in [3.05, 3.63) is 0 Å². The summed E-state index contributed by atoms with van der Waals surface area (Å²) in [5, 5.41) is 0. The predicted octanol–water partition coefficient (Wildman–Crippen LogP) is 3.51. The van der Waals surface area contributed by atoms with Crippen molar-refractivity contribution in [2.75, 3.05) is 55.1 Å². The van der Waals surface area contributed by atoms with Crippen LogP contribution in [0.2, 0.25) is 24.2 Å². The molecule has 0 saturated heterocycles. The number of unbranched alkanes of at least 4 members (excludes halogenated alkanes) is 1. The molecule has 0 bridgehead atoms. The quantitative estimate of drug-likeness (QED) is 0.322. The number of hydrogen-bond acceptors (Lipinski definition) is 5. The molecule has 0 fully saturated rings. The molecule has 0 spiro atoms. The van der Waals surface area contributed by atoms with Gasteiger partial charge in [-0.1, -0.05) is 20.8 Å². The van der Waals surface area contributed by atoms with Gasteiger partial charge in [0, 0.05) is 40.5 Å². The average molecular weight is 379 g/mol. The summed E-state index contributed by atoms with van der Waals surface area (Å²) in [5.74, 6) is 0. The Morgan fingerprint density at radius 2 is 1.21 bits per heavy atom. The summed E-state index contributed by atoms with van der Waals surface area (Å²) >= 11 is 0. The lowest BCUT2D eigenvalue weighted by Crippen LogP contribution is -2.54. The number of hydrogen-bond donors (Lipinski definition) is 0. The minimum absolute atomic E-state index is 0.900. The van der Waals surface area contributed by atoms with Gasteiger partial charge in [-0.3, -0.25) is 0 Å². The van der Waals surface area contributed by atoms with Crippen molar-refractivity contribution in [1.29, 1.82) is 0 Å². The normalized spacial score (nSPS) is 13.2. The first-order valence-electron chi connectivity index (χ1n) is 9.44. The van der Waals surface area contributed by atoms with Crippen LogP contribution < -0.4 is 0 Å². The highest BCUT2D eigenvalue weighted by molar-refractivity contribution is 6.77. The van der Waals surface area contributed by atoms with Crippen molar-refractivity contribution in [3.63, 3.8) is 0 Å². The molecule has 0 atom stereocenters. The van der Waals surface area contributed by atoms with Crippen molar-refractivity contribution in [3.8, 4) is 0 Å². The zero-order chi connectivity index (χ0) is 18.6. The molecule has 146 valence electrons. The summed E-state index contributed by atoms with van der Waals surface area (Å²) in [6.07, 6.45) is 2.29. The van der Waals surface area contributed by atoms with Gasteiger partial charge in [-0.05, 0) is 51.6 Å². The Labute approximate surface area is 153 Å². The molecule has 0 aliphatic heterocycles. The van der Waals surface area contributed by atoms with Crippen molar-refractivity contribution >= 4 is 17.0 Å². The highest BCUT2D eigenvalue weighted by atomic mass is 28.4. The minimum atomic E-state index is -2.41. The van der Waals surface area contributed by atoms with Crippen LogP contribution in [0.15, 0.2) is 0 Å². The van der Waals surface area contributed by atoms with Crippen LogP contribution in [-0.4, -0.2) is 81.6 Å². The van der Waals surface area contributed by atoms with Gasteiger partial charge in [-0.15, -0.1) is 0 Å². The molecule has 0 aromatic carbocycles. The topological polar surface area (TPSA) is 34.2 Å². The molecular weight excluding hydrogens is 336 g/mol. The van der Waals surface area contributed by atoms with Gasteiger partial charge in [0.05, 0.1) is 0 Å². The second kappa shape index (κ2) is 12.6. The standard InChI is InChI=1S/C17H42N2O3Si2/c1-9-23(10-2,11-3)19(16-15-18(4)5)14-12-13-17-24(20-6,21-7)22-8/h9-17H2,1-8H3. The molecule has 0 aliphatic carbocycles. The fourth-order valence-electron chi connectivity index (χ4n) is 3.53. The zero-order valence-electron chi connectivity index (χ0n) is 17.5. The van der Waals surface area contributed by atoms with Crippen LogP contribution in [0, 0.1) is 0 Å². The lowest BCUT2D eigenvalue weighted by Gasteiger charge is -2.41. The first-order chi connectivity index (χ1) is 11.4. The molecule has 0 N–H and O–H groups in total. The summed E-state index contributed by atoms with van der Waals surface area (Å²) in [6.45, 7) is 10.7. The van der Waals surface area contributed by atoms with E-state index in [1.165, 1.54) is 37.6 Å². The van der Waals surface area contributed by atoms with Crippen LogP contribution >= 0.6 is 0 Å². The van der Waals surface area contributed by atoms with Crippen LogP contribution in [0.3, 0.4) is 0 Å². The van der Waals surface area contributed by atoms with Gasteiger partial charge in [0.1, 0.15) is 8.24 Å². The molecule has 0 rings (SSSR count). The lowest BCUT2D eigenvalue weighted by molar-refractivity contribution is 0.122. The smallest absolute Gasteiger partial charge is 0.377 e. The Bertz CT molecular complexity index is 296. The predicted molar refractivity (Wildman–Crippen MR) is 108 cm³/mol. The Morgan fingerprint density at radius 3 is 1.58 bits per heavy atom. The summed E-state index contributed by atoms with van der Waals surface area (Å²) in [5.41, 5.74) is 0. The molecule has 7 heteroatoms. The third-order valence-electron chi connectivity index (χ3n) is 5.56. The maximum Gasteiger partial charge on any atom is 0.500 e. The first-order valence-corrected chi connectivity index (χ1v) is 13.9. The highest BCUT2D eigenvalue weighted by Crippen LogP contribution is 2.26. The van der Waals surface area contributed by atoms with E-state index in [1.54, 1.807) is 21.3 Å². The van der Waals surface area contributed by atoms with Crippen LogP contribution in [-0.2, 0) is 13.3 Å². The SMILES string of the molecule is CC[Si](CC)(CC)N(CCCC[Si](OC)(OC)OC)CCN(C)C. The zero-order valence-corrected chi connectivity index (χ0v) is 19.5. The van der Waals surface area contributed by atoms with Crippen LogP contribution in [0.1, 0.15) is 33.6 Å².